The molecule has 0 spiro atoms. The van der Waals surface area contributed by atoms with Crippen molar-refractivity contribution < 1.29 is 16.8 Å². The third-order valence-corrected chi connectivity index (χ3v) is 5.93. The molecule has 124 valence electrons. The first-order valence-electron chi connectivity index (χ1n) is 6.02. The Labute approximate surface area is 147 Å². The number of benzene rings is 1. The van der Waals surface area contributed by atoms with E-state index in [0.717, 1.165) is 0 Å². The predicted molar refractivity (Wildman–Crippen MR) is 88.8 cm³/mol. The number of halogens is 2. The second kappa shape index (κ2) is 6.83. The van der Waals surface area contributed by atoms with Crippen molar-refractivity contribution in [3.8, 4) is 0 Å². The van der Waals surface area contributed by atoms with E-state index in [-0.39, 0.29) is 21.5 Å². The van der Waals surface area contributed by atoms with Crippen LogP contribution in [0.2, 0.25) is 5.15 Å². The van der Waals surface area contributed by atoms with Gasteiger partial charge in [0.25, 0.3) is 0 Å². The highest BCUT2D eigenvalue weighted by atomic mass is 79.9. The molecule has 0 radical (unpaired) electrons. The summed E-state index contributed by atoms with van der Waals surface area (Å²) in [5.74, 6) is 0. The van der Waals surface area contributed by atoms with Gasteiger partial charge >= 0.3 is 0 Å². The third kappa shape index (κ3) is 4.72. The number of primary sulfonamides is 1. The number of aromatic nitrogens is 1. The Balaban J connectivity index is 2.25. The van der Waals surface area contributed by atoms with Crippen molar-refractivity contribution in [3.63, 3.8) is 0 Å². The number of nitrogens with one attached hydrogen (secondary N) is 1. The molecular weight excluding hydrogens is 430 g/mol. The number of nitrogens with two attached hydrogens (primary N) is 1. The summed E-state index contributed by atoms with van der Waals surface area (Å²) in [6.07, 6.45) is 1.37. The minimum Gasteiger partial charge on any atom is -0.242 e. The SMILES string of the molecule is NS(=O)(=O)c1cccc(CNS(=O)(=O)c2cc(Br)cnc2Cl)c1. The van der Waals surface area contributed by atoms with Crippen molar-refractivity contribution in [2.45, 2.75) is 16.3 Å². The van der Waals surface area contributed by atoms with Crippen LogP contribution in [0.3, 0.4) is 0 Å². The van der Waals surface area contributed by atoms with Crippen LogP contribution in [0.25, 0.3) is 0 Å². The van der Waals surface area contributed by atoms with Gasteiger partial charge in [-0.25, -0.2) is 31.7 Å². The van der Waals surface area contributed by atoms with Gasteiger partial charge in [0, 0.05) is 17.2 Å². The van der Waals surface area contributed by atoms with Gasteiger partial charge in [0.2, 0.25) is 20.0 Å². The van der Waals surface area contributed by atoms with Gasteiger partial charge in [0.1, 0.15) is 10.0 Å². The number of hydrogen-bond acceptors (Lipinski definition) is 5. The molecule has 0 aliphatic carbocycles. The smallest absolute Gasteiger partial charge is 0.242 e. The van der Waals surface area contributed by atoms with Crippen molar-refractivity contribution >= 4 is 47.6 Å². The number of rotatable bonds is 5. The van der Waals surface area contributed by atoms with E-state index in [4.69, 9.17) is 16.7 Å². The summed E-state index contributed by atoms with van der Waals surface area (Å²) in [5.41, 5.74) is 0.430. The Morgan fingerprint density at radius 3 is 2.57 bits per heavy atom. The molecule has 2 aromatic rings. The van der Waals surface area contributed by atoms with Crippen LogP contribution in [0.5, 0.6) is 0 Å². The molecule has 0 aliphatic rings. The Morgan fingerprint density at radius 1 is 1.22 bits per heavy atom. The summed E-state index contributed by atoms with van der Waals surface area (Å²) in [7, 11) is -7.77. The lowest BCUT2D eigenvalue weighted by Gasteiger charge is -2.09. The van der Waals surface area contributed by atoms with E-state index in [1.54, 1.807) is 6.07 Å². The van der Waals surface area contributed by atoms with Crippen LogP contribution in [0.4, 0.5) is 0 Å². The zero-order valence-corrected chi connectivity index (χ0v) is 15.4. The first kappa shape index (κ1) is 18.3. The van der Waals surface area contributed by atoms with E-state index in [1.807, 2.05) is 0 Å². The van der Waals surface area contributed by atoms with Crippen LogP contribution in [0.15, 0.2) is 50.8 Å². The number of hydrogen-bond donors (Lipinski definition) is 2. The summed E-state index contributed by atoms with van der Waals surface area (Å²) < 4.78 is 49.9. The molecule has 0 atom stereocenters. The van der Waals surface area contributed by atoms with E-state index in [9.17, 15) is 16.8 Å². The maximum Gasteiger partial charge on any atom is 0.243 e. The van der Waals surface area contributed by atoms with Gasteiger partial charge in [0.15, 0.2) is 0 Å². The van der Waals surface area contributed by atoms with Crippen LogP contribution < -0.4 is 9.86 Å². The van der Waals surface area contributed by atoms with Crippen LogP contribution >= 0.6 is 27.5 Å². The molecule has 0 aliphatic heterocycles. The van der Waals surface area contributed by atoms with Crippen molar-refractivity contribution in [2.24, 2.45) is 5.14 Å². The topological polar surface area (TPSA) is 119 Å². The molecule has 0 bridgehead atoms. The highest BCUT2D eigenvalue weighted by Crippen LogP contribution is 2.22. The van der Waals surface area contributed by atoms with Gasteiger partial charge in [-0.15, -0.1) is 0 Å². The fraction of sp³-hybridized carbons (Fsp3) is 0.0833. The fourth-order valence-electron chi connectivity index (χ4n) is 1.68. The molecule has 3 N–H and O–H groups in total. The van der Waals surface area contributed by atoms with E-state index < -0.39 is 20.0 Å². The molecular formula is C12H11BrClN3O4S2. The lowest BCUT2D eigenvalue weighted by Crippen LogP contribution is -2.24. The number of sulfonamides is 2. The monoisotopic (exact) mass is 439 g/mol. The van der Waals surface area contributed by atoms with E-state index >= 15 is 0 Å². The second-order valence-corrected chi connectivity index (χ2v) is 9.03. The molecule has 0 fully saturated rings. The van der Waals surface area contributed by atoms with E-state index in [1.165, 1.54) is 30.5 Å². The number of pyridine rings is 1. The molecule has 1 aromatic heterocycles. The van der Waals surface area contributed by atoms with Crippen LogP contribution in [-0.4, -0.2) is 21.8 Å². The standard InChI is InChI=1S/C12H11BrClN3O4S2/c13-9-5-11(12(14)16-7-9)23(20,21)17-6-8-2-1-3-10(4-8)22(15,18)19/h1-5,7,17H,6H2,(H2,15,18,19). The quantitative estimate of drug-likeness (QED) is 0.685. The summed E-state index contributed by atoms with van der Waals surface area (Å²) in [5, 5.41) is 4.87. The molecule has 1 aromatic carbocycles. The van der Waals surface area contributed by atoms with Crippen LogP contribution in [0, 0.1) is 0 Å². The Hall–Kier alpha value is -1.04. The van der Waals surface area contributed by atoms with Gasteiger partial charge in [0.05, 0.1) is 4.90 Å². The molecule has 0 saturated carbocycles. The third-order valence-electron chi connectivity index (χ3n) is 2.76. The highest BCUT2D eigenvalue weighted by Gasteiger charge is 2.19. The van der Waals surface area contributed by atoms with Crippen molar-refractivity contribution in [2.75, 3.05) is 0 Å². The van der Waals surface area contributed by atoms with E-state index in [2.05, 4.69) is 25.6 Å². The Morgan fingerprint density at radius 2 is 1.91 bits per heavy atom. The summed E-state index contributed by atoms with van der Waals surface area (Å²) >= 11 is 8.92. The predicted octanol–water partition coefficient (Wildman–Crippen LogP) is 1.62. The van der Waals surface area contributed by atoms with Gasteiger partial charge in [-0.3, -0.25) is 0 Å². The molecule has 1 heterocycles. The molecule has 7 nitrogen and oxygen atoms in total. The normalized spacial score (nSPS) is 12.3. The molecule has 0 amide bonds. The highest BCUT2D eigenvalue weighted by molar-refractivity contribution is 9.10. The zero-order valence-electron chi connectivity index (χ0n) is 11.4. The average molecular weight is 441 g/mol. The molecule has 0 unspecified atom stereocenters. The molecule has 0 saturated heterocycles. The van der Waals surface area contributed by atoms with Crippen molar-refractivity contribution in [1.82, 2.24) is 9.71 Å². The maximum atomic E-state index is 12.3. The summed E-state index contributed by atoms with van der Waals surface area (Å²) in [4.78, 5) is 3.47. The molecule has 2 rings (SSSR count). The summed E-state index contributed by atoms with van der Waals surface area (Å²) in [6.45, 7) is -0.130. The Bertz CT molecular complexity index is 949. The van der Waals surface area contributed by atoms with Crippen LogP contribution in [0.1, 0.15) is 5.56 Å². The molecule has 11 heteroatoms. The second-order valence-electron chi connectivity index (χ2n) is 4.46. The van der Waals surface area contributed by atoms with Gasteiger partial charge in [-0.05, 0) is 39.7 Å². The zero-order chi connectivity index (χ0) is 17.3. The molecule has 23 heavy (non-hydrogen) atoms. The van der Waals surface area contributed by atoms with Gasteiger partial charge in [-0.2, -0.15) is 0 Å². The van der Waals surface area contributed by atoms with Gasteiger partial charge < -0.3 is 0 Å². The first-order chi connectivity index (χ1) is 10.6. The summed E-state index contributed by atoms with van der Waals surface area (Å²) in [6, 6.07) is 6.97. The van der Waals surface area contributed by atoms with Crippen LogP contribution in [-0.2, 0) is 26.6 Å². The lowest BCUT2D eigenvalue weighted by molar-refractivity contribution is 0.581. The lowest BCUT2D eigenvalue weighted by atomic mass is 10.2. The van der Waals surface area contributed by atoms with Crippen molar-refractivity contribution in [3.05, 3.63) is 51.7 Å². The largest absolute Gasteiger partial charge is 0.243 e. The van der Waals surface area contributed by atoms with Crippen molar-refractivity contribution in [1.29, 1.82) is 0 Å². The minimum absolute atomic E-state index is 0.101. The Kier molecular flexibility index (Phi) is 5.44. The maximum absolute atomic E-state index is 12.3. The first-order valence-corrected chi connectivity index (χ1v) is 10.2. The van der Waals surface area contributed by atoms with E-state index in [0.29, 0.717) is 10.0 Å². The fourth-order valence-corrected chi connectivity index (χ4v) is 4.22. The minimum atomic E-state index is -3.92. The number of nitrogens with zero attached hydrogens (tertiary/aromatic N) is 1. The van der Waals surface area contributed by atoms with Gasteiger partial charge in [-0.1, -0.05) is 23.7 Å². The average Bonchev–Trinajstić information content (AvgIpc) is 2.47.